The first kappa shape index (κ1) is 14.4. The number of piperazine rings is 1. The van der Waals surface area contributed by atoms with Gasteiger partial charge >= 0.3 is 8.25 Å². The van der Waals surface area contributed by atoms with Gasteiger partial charge in [-0.1, -0.05) is 0 Å². The second-order valence-corrected chi connectivity index (χ2v) is 2.42. The third-order valence-electron chi connectivity index (χ3n) is 1.02. The molecule has 0 spiro atoms. The molecule has 12 heavy (non-hydrogen) atoms. The van der Waals surface area contributed by atoms with E-state index in [-0.39, 0.29) is 6.90 Å². The summed E-state index contributed by atoms with van der Waals surface area (Å²) in [6.45, 7) is 4.56. The average molecular weight is 202 g/mol. The molecule has 1 atom stereocenters. The first-order chi connectivity index (χ1) is 5.27. The van der Waals surface area contributed by atoms with Gasteiger partial charge in [-0.05, 0) is 4.57 Å². The lowest BCUT2D eigenvalue weighted by atomic mass is 10.4. The highest BCUT2D eigenvalue weighted by Crippen LogP contribution is 2.02. The number of hydrogen-bond acceptors (Lipinski definition) is 6. The molecule has 1 rings (SSSR count). The summed E-state index contributed by atoms with van der Waals surface area (Å²) in [6.07, 6.45) is 0. The first-order valence-electron chi connectivity index (χ1n) is 3.14. The van der Waals surface area contributed by atoms with Crippen LogP contribution in [0.25, 0.3) is 0 Å². The SMILES string of the molecule is C1CNCCN1.O.O=[P+]([O-])OO.[HH]. The zero-order chi connectivity index (χ0) is 8.53. The standard InChI is InChI=1S/C4H10N2.HO4P.H2O.H2/c1-2-6-4-3-5-1;1-4-5(2)3;;/h5-6H,1-4H2;1H;1H2;1H. The van der Waals surface area contributed by atoms with Crippen molar-refractivity contribution < 1.29 is 26.3 Å². The predicted octanol–water partition coefficient (Wildman–Crippen LogP) is -1.91. The molecule has 0 radical (unpaired) electrons. The van der Waals surface area contributed by atoms with Crippen molar-refractivity contribution in [1.29, 1.82) is 0 Å². The number of hydrogen-bond donors (Lipinski definition) is 3. The van der Waals surface area contributed by atoms with E-state index in [4.69, 9.17) is 14.7 Å². The largest absolute Gasteiger partial charge is 0.565 e. The molecule has 0 amide bonds. The van der Waals surface area contributed by atoms with Crippen LogP contribution >= 0.6 is 8.25 Å². The summed E-state index contributed by atoms with van der Waals surface area (Å²) in [6, 6.07) is 0. The summed E-state index contributed by atoms with van der Waals surface area (Å²) in [5.41, 5.74) is 0. The molecule has 76 valence electrons. The lowest BCUT2D eigenvalue weighted by Crippen LogP contribution is -2.39. The van der Waals surface area contributed by atoms with Crippen LogP contribution in [0, 0.1) is 0 Å². The summed E-state index contributed by atoms with van der Waals surface area (Å²) < 4.78 is 11.6. The van der Waals surface area contributed by atoms with Gasteiger partial charge < -0.3 is 21.0 Å². The minimum absolute atomic E-state index is 0. The summed E-state index contributed by atoms with van der Waals surface area (Å²) >= 11 is 0. The van der Waals surface area contributed by atoms with E-state index in [1.54, 1.807) is 0 Å². The van der Waals surface area contributed by atoms with Gasteiger partial charge in [-0.2, -0.15) is 0 Å². The lowest BCUT2D eigenvalue weighted by molar-refractivity contribution is -0.244. The normalized spacial score (nSPS) is 16.7. The molecule has 7 nitrogen and oxygen atoms in total. The molecule has 1 aliphatic rings. The van der Waals surface area contributed by atoms with Crippen molar-refractivity contribution >= 4 is 8.25 Å². The van der Waals surface area contributed by atoms with Crippen LogP contribution in [-0.2, 0) is 9.24 Å². The third-order valence-corrected chi connectivity index (χ3v) is 1.16. The van der Waals surface area contributed by atoms with Gasteiger partial charge in [-0.15, -0.1) is 0 Å². The summed E-state index contributed by atoms with van der Waals surface area (Å²) in [5, 5.41) is 13.5. The molecule has 1 fully saturated rings. The maximum atomic E-state index is 8.93. The van der Waals surface area contributed by atoms with Gasteiger partial charge in [0, 0.05) is 32.3 Å². The Labute approximate surface area is 72.4 Å². The fourth-order valence-electron chi connectivity index (χ4n) is 0.604. The molecule has 0 aliphatic carbocycles. The minimum Gasteiger partial charge on any atom is -0.565 e. The molecule has 0 aromatic rings. The van der Waals surface area contributed by atoms with Crippen molar-refractivity contribution in [3.05, 3.63) is 0 Å². The molecule has 1 heterocycles. The average Bonchev–Trinajstić information content (AvgIpc) is 2.09. The van der Waals surface area contributed by atoms with Crippen molar-refractivity contribution in [3.8, 4) is 0 Å². The fraction of sp³-hybridized carbons (Fsp3) is 1.00. The van der Waals surface area contributed by atoms with Crippen LogP contribution in [0.5, 0.6) is 0 Å². The Balaban J connectivity index is -0.000000136. The van der Waals surface area contributed by atoms with Crippen molar-refractivity contribution in [3.63, 3.8) is 0 Å². The summed E-state index contributed by atoms with van der Waals surface area (Å²) in [5.74, 6) is 0. The molecule has 5 N–H and O–H groups in total. The smallest absolute Gasteiger partial charge is 0.521 e. The van der Waals surface area contributed by atoms with Gasteiger partial charge in [0.25, 0.3) is 0 Å². The Hall–Kier alpha value is -0.140. The highest BCUT2D eigenvalue weighted by Gasteiger charge is 1.91. The maximum absolute atomic E-state index is 8.93. The van der Waals surface area contributed by atoms with E-state index in [1.165, 1.54) is 0 Å². The van der Waals surface area contributed by atoms with E-state index in [0.717, 1.165) is 26.2 Å². The second-order valence-electron chi connectivity index (χ2n) is 1.81. The van der Waals surface area contributed by atoms with Gasteiger partial charge in [-0.25, -0.2) is 5.26 Å². The Morgan fingerprint density at radius 1 is 1.33 bits per heavy atom. The molecule has 0 saturated carbocycles. The topological polar surface area (TPSA) is 125 Å². The number of rotatable bonds is 1. The lowest BCUT2D eigenvalue weighted by Gasteiger charge is -2.11. The third kappa shape index (κ3) is 12.5. The monoisotopic (exact) mass is 202 g/mol. The van der Waals surface area contributed by atoms with E-state index in [2.05, 4.69) is 15.3 Å². The van der Waals surface area contributed by atoms with Crippen molar-refractivity contribution in [2.24, 2.45) is 0 Å². The van der Waals surface area contributed by atoms with Gasteiger partial charge in [0.1, 0.15) is 0 Å². The van der Waals surface area contributed by atoms with E-state index in [9.17, 15) is 0 Å². The fourth-order valence-corrected chi connectivity index (χ4v) is 0.604. The van der Waals surface area contributed by atoms with Gasteiger partial charge in [0.15, 0.2) is 0 Å². The summed E-state index contributed by atoms with van der Waals surface area (Å²) in [7, 11) is -3.04. The molecule has 1 unspecified atom stereocenters. The van der Waals surface area contributed by atoms with Crippen LogP contribution in [0.15, 0.2) is 0 Å². The molecule has 0 aromatic heterocycles. The Morgan fingerprint density at radius 2 is 1.58 bits per heavy atom. The van der Waals surface area contributed by atoms with Crippen molar-refractivity contribution in [1.82, 2.24) is 10.6 Å². The molecular formula is C4H15N2O5P. The highest BCUT2D eigenvalue weighted by atomic mass is 31.1. The predicted molar refractivity (Wildman–Crippen MR) is 42.8 cm³/mol. The van der Waals surface area contributed by atoms with Crippen LogP contribution in [-0.4, -0.2) is 36.9 Å². The zero-order valence-corrected chi connectivity index (χ0v) is 7.34. The van der Waals surface area contributed by atoms with Crippen LogP contribution < -0.4 is 15.5 Å². The molecule has 0 aromatic carbocycles. The Bertz CT molecular complexity index is 103. The molecule has 1 aliphatic heterocycles. The van der Waals surface area contributed by atoms with Crippen LogP contribution in [0.1, 0.15) is 1.43 Å². The van der Waals surface area contributed by atoms with Gasteiger partial charge in [0.05, 0.1) is 0 Å². The minimum atomic E-state index is -3.04. The van der Waals surface area contributed by atoms with Crippen LogP contribution in [0.3, 0.4) is 0 Å². The quantitative estimate of drug-likeness (QED) is 0.259. The van der Waals surface area contributed by atoms with E-state index in [0.29, 0.717) is 0 Å². The second kappa shape index (κ2) is 10.9. The molecular weight excluding hydrogens is 187 g/mol. The maximum Gasteiger partial charge on any atom is 0.521 e. The van der Waals surface area contributed by atoms with Crippen molar-refractivity contribution in [2.75, 3.05) is 26.2 Å². The highest BCUT2D eigenvalue weighted by molar-refractivity contribution is 7.30. The first-order valence-corrected chi connectivity index (χ1v) is 4.24. The Morgan fingerprint density at radius 3 is 1.67 bits per heavy atom. The van der Waals surface area contributed by atoms with Gasteiger partial charge in [0.2, 0.25) is 0 Å². The molecule has 1 saturated heterocycles. The van der Waals surface area contributed by atoms with Crippen LogP contribution in [0.4, 0.5) is 0 Å². The Kier molecular flexibility index (Phi) is 13.0. The van der Waals surface area contributed by atoms with Crippen LogP contribution in [0.2, 0.25) is 0 Å². The number of nitrogens with one attached hydrogen (secondary N) is 2. The summed E-state index contributed by atoms with van der Waals surface area (Å²) in [4.78, 5) is 8.93. The van der Waals surface area contributed by atoms with E-state index in [1.807, 2.05) is 0 Å². The molecule has 0 bridgehead atoms. The van der Waals surface area contributed by atoms with Gasteiger partial charge in [-0.3, -0.25) is 0 Å². The molecule has 8 heteroatoms. The van der Waals surface area contributed by atoms with E-state index >= 15 is 0 Å². The van der Waals surface area contributed by atoms with Crippen molar-refractivity contribution in [2.45, 2.75) is 0 Å². The zero-order valence-electron chi connectivity index (χ0n) is 6.45. The van der Waals surface area contributed by atoms with E-state index < -0.39 is 8.25 Å².